The van der Waals surface area contributed by atoms with Crippen LogP contribution < -0.4 is 0 Å². The van der Waals surface area contributed by atoms with Crippen molar-refractivity contribution in [3.8, 4) is 0 Å². The summed E-state index contributed by atoms with van der Waals surface area (Å²) in [5, 5.41) is 0. The van der Waals surface area contributed by atoms with Gasteiger partial charge in [0, 0.05) is 26.1 Å². The summed E-state index contributed by atoms with van der Waals surface area (Å²) in [5.74, 6) is -2.91. The SMILES string of the molecule is CC1C(=O)C(=O)C=C(N(C)CCCC(=O)OC(C)(C)C)C1=O. The van der Waals surface area contributed by atoms with E-state index in [4.69, 9.17) is 4.74 Å². The molecule has 0 N–H and O–H groups in total. The van der Waals surface area contributed by atoms with Crippen LogP contribution in [0.15, 0.2) is 11.8 Å². The van der Waals surface area contributed by atoms with Crippen LogP contribution in [-0.2, 0) is 23.9 Å². The summed E-state index contributed by atoms with van der Waals surface area (Å²) < 4.78 is 5.20. The van der Waals surface area contributed by atoms with Gasteiger partial charge in [-0.2, -0.15) is 0 Å². The van der Waals surface area contributed by atoms with Gasteiger partial charge in [0.15, 0.2) is 5.78 Å². The summed E-state index contributed by atoms with van der Waals surface area (Å²) in [6.45, 7) is 7.25. The average molecular weight is 309 g/mol. The highest BCUT2D eigenvalue weighted by Gasteiger charge is 2.35. The minimum atomic E-state index is -0.930. The first-order valence-electron chi connectivity index (χ1n) is 7.30. The zero-order valence-corrected chi connectivity index (χ0v) is 13.8. The second-order valence-electron chi connectivity index (χ2n) is 6.46. The van der Waals surface area contributed by atoms with Gasteiger partial charge in [-0.1, -0.05) is 0 Å². The number of allylic oxidation sites excluding steroid dienone is 2. The number of carbonyl (C=O) groups is 4. The van der Waals surface area contributed by atoms with Gasteiger partial charge >= 0.3 is 5.97 Å². The number of hydrogen-bond donors (Lipinski definition) is 0. The van der Waals surface area contributed by atoms with Gasteiger partial charge in [0.05, 0.1) is 11.6 Å². The van der Waals surface area contributed by atoms with Crippen molar-refractivity contribution >= 4 is 23.3 Å². The maximum Gasteiger partial charge on any atom is 0.306 e. The molecule has 0 spiro atoms. The molecule has 0 aromatic heterocycles. The lowest BCUT2D eigenvalue weighted by Crippen LogP contribution is -2.38. The molecule has 6 nitrogen and oxygen atoms in total. The third-order valence-electron chi connectivity index (χ3n) is 3.26. The summed E-state index contributed by atoms with van der Waals surface area (Å²) in [5.41, 5.74) is -0.297. The first kappa shape index (κ1) is 18.1. The summed E-state index contributed by atoms with van der Waals surface area (Å²) in [4.78, 5) is 48.2. The van der Waals surface area contributed by atoms with Gasteiger partial charge in [-0.3, -0.25) is 19.2 Å². The maximum atomic E-state index is 12.0. The predicted molar refractivity (Wildman–Crippen MR) is 80.0 cm³/mol. The van der Waals surface area contributed by atoms with Gasteiger partial charge < -0.3 is 9.64 Å². The fourth-order valence-electron chi connectivity index (χ4n) is 2.09. The fourth-order valence-corrected chi connectivity index (χ4v) is 2.09. The van der Waals surface area contributed by atoms with Crippen molar-refractivity contribution in [2.45, 2.75) is 46.1 Å². The van der Waals surface area contributed by atoms with E-state index in [1.165, 1.54) is 6.92 Å². The van der Waals surface area contributed by atoms with Crippen LogP contribution in [0.3, 0.4) is 0 Å². The number of Topliss-reactive ketones (excluding diaryl/α,β-unsaturated/α-hetero) is 2. The monoisotopic (exact) mass is 309 g/mol. The maximum absolute atomic E-state index is 12.0. The van der Waals surface area contributed by atoms with Crippen LogP contribution in [0.25, 0.3) is 0 Å². The molecule has 0 aliphatic heterocycles. The lowest BCUT2D eigenvalue weighted by atomic mass is 9.89. The van der Waals surface area contributed by atoms with Crippen LogP contribution in [0.1, 0.15) is 40.5 Å². The van der Waals surface area contributed by atoms with Crippen LogP contribution in [0.4, 0.5) is 0 Å². The third-order valence-corrected chi connectivity index (χ3v) is 3.26. The highest BCUT2D eigenvalue weighted by atomic mass is 16.6. The number of carbonyl (C=O) groups excluding carboxylic acids is 4. The van der Waals surface area contributed by atoms with Crippen molar-refractivity contribution in [1.29, 1.82) is 0 Å². The number of hydrogen-bond acceptors (Lipinski definition) is 6. The second-order valence-corrected chi connectivity index (χ2v) is 6.46. The Kier molecular flexibility index (Phi) is 5.63. The van der Waals surface area contributed by atoms with Crippen molar-refractivity contribution in [1.82, 2.24) is 4.90 Å². The Morgan fingerprint density at radius 3 is 2.36 bits per heavy atom. The number of esters is 1. The Labute approximate surface area is 130 Å². The Hall–Kier alpha value is -1.98. The molecule has 0 radical (unpaired) electrons. The highest BCUT2D eigenvalue weighted by molar-refractivity contribution is 6.48. The predicted octanol–water partition coefficient (Wildman–Crippen LogP) is 1.28. The molecule has 1 unspecified atom stereocenters. The molecule has 1 atom stereocenters. The Balaban J connectivity index is 2.56. The van der Waals surface area contributed by atoms with Crippen LogP contribution in [-0.4, -0.2) is 47.4 Å². The van der Waals surface area contributed by atoms with Gasteiger partial charge in [-0.05, 0) is 34.1 Å². The number of ether oxygens (including phenoxy) is 1. The molecule has 122 valence electrons. The molecule has 1 aliphatic carbocycles. The Morgan fingerprint density at radius 1 is 1.23 bits per heavy atom. The summed E-state index contributed by atoms with van der Waals surface area (Å²) in [6.07, 6.45) is 1.80. The van der Waals surface area contributed by atoms with Crippen molar-refractivity contribution in [2.75, 3.05) is 13.6 Å². The standard InChI is InChI=1S/C16H23NO5/c1-10-14(20)11(9-12(18)15(10)21)17(5)8-6-7-13(19)22-16(2,3)4/h9-10H,6-8H2,1-5H3. The molecule has 1 aliphatic rings. The average Bonchev–Trinajstić information content (AvgIpc) is 2.38. The number of nitrogens with zero attached hydrogens (tertiary/aromatic N) is 1. The quantitative estimate of drug-likeness (QED) is 0.432. The fraction of sp³-hybridized carbons (Fsp3) is 0.625. The van der Waals surface area contributed by atoms with Crippen LogP contribution in [0.2, 0.25) is 0 Å². The molecule has 0 aromatic carbocycles. The second kappa shape index (κ2) is 6.85. The van der Waals surface area contributed by atoms with Gasteiger partial charge in [0.1, 0.15) is 5.60 Å². The third kappa shape index (κ3) is 4.79. The van der Waals surface area contributed by atoms with E-state index >= 15 is 0 Å². The van der Waals surface area contributed by atoms with E-state index in [1.54, 1.807) is 32.7 Å². The Bertz CT molecular complexity index is 527. The molecule has 0 fully saturated rings. The Morgan fingerprint density at radius 2 is 1.82 bits per heavy atom. The molecule has 0 aromatic rings. The largest absolute Gasteiger partial charge is 0.460 e. The molecule has 0 bridgehead atoms. The summed E-state index contributed by atoms with van der Waals surface area (Å²) >= 11 is 0. The summed E-state index contributed by atoms with van der Waals surface area (Å²) in [7, 11) is 1.66. The highest BCUT2D eigenvalue weighted by Crippen LogP contribution is 2.18. The van der Waals surface area contributed by atoms with E-state index in [-0.39, 0.29) is 23.9 Å². The number of rotatable bonds is 5. The first-order chi connectivity index (χ1) is 10.0. The summed E-state index contributed by atoms with van der Waals surface area (Å²) in [6, 6.07) is 0. The minimum Gasteiger partial charge on any atom is -0.460 e. The van der Waals surface area contributed by atoms with Gasteiger partial charge in [-0.25, -0.2) is 0 Å². The normalized spacial score (nSPS) is 19.0. The molecule has 0 amide bonds. The van der Waals surface area contributed by atoms with Gasteiger partial charge in [0.25, 0.3) is 0 Å². The number of likely N-dealkylation sites (N-methyl/N-ethyl adjacent to an activating group) is 1. The molecular formula is C16H23NO5. The van der Waals surface area contributed by atoms with Crippen molar-refractivity contribution in [2.24, 2.45) is 5.92 Å². The molecule has 0 saturated carbocycles. The van der Waals surface area contributed by atoms with Crippen molar-refractivity contribution in [3.05, 3.63) is 11.8 Å². The van der Waals surface area contributed by atoms with Gasteiger partial charge in [-0.15, -0.1) is 0 Å². The van der Waals surface area contributed by atoms with Crippen molar-refractivity contribution in [3.63, 3.8) is 0 Å². The smallest absolute Gasteiger partial charge is 0.306 e. The first-order valence-corrected chi connectivity index (χ1v) is 7.30. The van der Waals surface area contributed by atoms with E-state index < -0.39 is 23.1 Å². The zero-order chi connectivity index (χ0) is 17.1. The molecule has 0 heterocycles. The molecule has 22 heavy (non-hydrogen) atoms. The van der Waals surface area contributed by atoms with Crippen molar-refractivity contribution < 1.29 is 23.9 Å². The van der Waals surface area contributed by atoms with Crippen LogP contribution in [0, 0.1) is 5.92 Å². The molecular weight excluding hydrogens is 286 g/mol. The number of ketones is 3. The van der Waals surface area contributed by atoms with E-state index in [2.05, 4.69) is 0 Å². The molecule has 6 heteroatoms. The lowest BCUT2D eigenvalue weighted by molar-refractivity contribution is -0.154. The van der Waals surface area contributed by atoms with E-state index in [0.29, 0.717) is 13.0 Å². The van der Waals surface area contributed by atoms with Crippen LogP contribution >= 0.6 is 0 Å². The molecule has 0 saturated heterocycles. The zero-order valence-electron chi connectivity index (χ0n) is 13.8. The van der Waals surface area contributed by atoms with E-state index in [1.807, 2.05) is 0 Å². The van der Waals surface area contributed by atoms with Gasteiger partial charge in [0.2, 0.25) is 11.6 Å². The lowest BCUT2D eigenvalue weighted by Gasteiger charge is -2.26. The topological polar surface area (TPSA) is 80.8 Å². The molecule has 1 rings (SSSR count). The van der Waals surface area contributed by atoms with E-state index in [0.717, 1.165) is 6.08 Å². The van der Waals surface area contributed by atoms with Crippen LogP contribution in [0.5, 0.6) is 0 Å². The minimum absolute atomic E-state index is 0.223. The van der Waals surface area contributed by atoms with E-state index in [9.17, 15) is 19.2 Å².